The molecule has 0 saturated carbocycles. The van der Waals surface area contributed by atoms with Crippen LogP contribution in [0.2, 0.25) is 0 Å². The summed E-state index contributed by atoms with van der Waals surface area (Å²) < 4.78 is 10.5. The summed E-state index contributed by atoms with van der Waals surface area (Å²) in [7, 11) is 4.78. The molecule has 0 spiro atoms. The van der Waals surface area contributed by atoms with Gasteiger partial charge >= 0.3 is 0 Å². The molecule has 1 heterocycles. The molecular weight excluding hydrogens is 386 g/mol. The number of nitrogens with one attached hydrogen (secondary N) is 1. The summed E-state index contributed by atoms with van der Waals surface area (Å²) >= 11 is 0. The Balaban J connectivity index is 1.72. The van der Waals surface area contributed by atoms with Crippen molar-refractivity contribution in [3.8, 4) is 5.75 Å². The van der Waals surface area contributed by atoms with Gasteiger partial charge in [0.2, 0.25) is 0 Å². The van der Waals surface area contributed by atoms with Gasteiger partial charge in [-0.25, -0.2) is 0 Å². The van der Waals surface area contributed by atoms with Gasteiger partial charge in [-0.1, -0.05) is 0 Å². The van der Waals surface area contributed by atoms with E-state index in [1.165, 1.54) is 12.0 Å². The average molecular weight is 411 g/mol. The molecule has 1 N–H and O–H groups in total. The molecule has 0 unspecified atom stereocenters. The zero-order chi connectivity index (χ0) is 21.7. The van der Waals surface area contributed by atoms with E-state index in [2.05, 4.69) is 5.32 Å². The van der Waals surface area contributed by atoms with Crippen LogP contribution in [0.15, 0.2) is 42.5 Å². The van der Waals surface area contributed by atoms with Gasteiger partial charge in [0.05, 0.1) is 25.9 Å². The topological polar surface area (TPSA) is 88.2 Å². The van der Waals surface area contributed by atoms with Gasteiger partial charge in [0.15, 0.2) is 0 Å². The Kier molecular flexibility index (Phi) is 6.68. The van der Waals surface area contributed by atoms with Gasteiger partial charge < -0.3 is 24.6 Å². The van der Waals surface area contributed by atoms with Crippen LogP contribution in [-0.4, -0.2) is 75.0 Å². The van der Waals surface area contributed by atoms with Gasteiger partial charge in [-0.2, -0.15) is 0 Å². The van der Waals surface area contributed by atoms with Crippen LogP contribution < -0.4 is 10.1 Å². The number of morpholine rings is 1. The van der Waals surface area contributed by atoms with Crippen LogP contribution >= 0.6 is 0 Å². The number of benzene rings is 2. The van der Waals surface area contributed by atoms with E-state index in [0.29, 0.717) is 54.4 Å². The number of carbonyl (C=O) groups is 3. The van der Waals surface area contributed by atoms with Crippen LogP contribution in [-0.2, 0) is 4.74 Å². The van der Waals surface area contributed by atoms with E-state index in [0.717, 1.165) is 0 Å². The van der Waals surface area contributed by atoms with Crippen LogP contribution in [0.5, 0.6) is 5.75 Å². The van der Waals surface area contributed by atoms with Crippen molar-refractivity contribution in [2.24, 2.45) is 0 Å². The van der Waals surface area contributed by atoms with Crippen molar-refractivity contribution in [2.75, 3.05) is 52.8 Å². The maximum Gasteiger partial charge on any atom is 0.257 e. The molecule has 1 aliphatic heterocycles. The first-order valence-corrected chi connectivity index (χ1v) is 9.59. The number of rotatable bonds is 5. The molecule has 0 bridgehead atoms. The van der Waals surface area contributed by atoms with E-state index in [-0.39, 0.29) is 17.7 Å². The molecule has 1 saturated heterocycles. The number of methoxy groups -OCH3 is 1. The van der Waals surface area contributed by atoms with Gasteiger partial charge in [-0.15, -0.1) is 0 Å². The summed E-state index contributed by atoms with van der Waals surface area (Å²) in [5.41, 5.74) is 1.76. The molecule has 8 heteroatoms. The largest absolute Gasteiger partial charge is 0.496 e. The minimum atomic E-state index is -0.339. The first kappa shape index (κ1) is 21.3. The van der Waals surface area contributed by atoms with Gasteiger partial charge in [0.25, 0.3) is 17.7 Å². The molecule has 158 valence electrons. The van der Waals surface area contributed by atoms with Gasteiger partial charge in [0, 0.05) is 44.0 Å². The Morgan fingerprint density at radius 3 is 2.23 bits per heavy atom. The Morgan fingerprint density at radius 1 is 1.00 bits per heavy atom. The Labute approximate surface area is 175 Å². The third-order valence-corrected chi connectivity index (χ3v) is 4.79. The number of nitrogens with zero attached hydrogens (tertiary/aromatic N) is 2. The third-order valence-electron chi connectivity index (χ3n) is 4.79. The maximum atomic E-state index is 12.6. The van der Waals surface area contributed by atoms with Gasteiger partial charge in [0.1, 0.15) is 5.75 Å². The lowest BCUT2D eigenvalue weighted by atomic mass is 10.1. The fraction of sp³-hybridized carbons (Fsp3) is 0.318. The smallest absolute Gasteiger partial charge is 0.257 e. The number of hydrogen-bond acceptors (Lipinski definition) is 5. The SMILES string of the molecule is COc1ccc(NC(=O)c2ccc(C(=O)N3CCOCC3)cc2)cc1C(=O)N(C)C. The van der Waals surface area contributed by atoms with Crippen molar-refractivity contribution in [2.45, 2.75) is 0 Å². The van der Waals surface area contributed by atoms with E-state index in [9.17, 15) is 14.4 Å². The highest BCUT2D eigenvalue weighted by atomic mass is 16.5. The number of carbonyl (C=O) groups excluding carboxylic acids is 3. The fourth-order valence-corrected chi connectivity index (χ4v) is 3.11. The first-order chi connectivity index (χ1) is 14.4. The summed E-state index contributed by atoms with van der Waals surface area (Å²) in [6.45, 7) is 2.19. The molecular formula is C22H25N3O5. The minimum Gasteiger partial charge on any atom is -0.496 e. The number of hydrogen-bond donors (Lipinski definition) is 1. The van der Waals surface area contributed by atoms with Crippen LogP contribution in [0.4, 0.5) is 5.69 Å². The second-order valence-corrected chi connectivity index (χ2v) is 7.05. The minimum absolute atomic E-state index is 0.0766. The van der Waals surface area contributed by atoms with Crippen LogP contribution in [0.3, 0.4) is 0 Å². The molecule has 8 nitrogen and oxygen atoms in total. The van der Waals surface area contributed by atoms with Gasteiger partial charge in [-0.3, -0.25) is 14.4 Å². The van der Waals surface area contributed by atoms with E-state index >= 15 is 0 Å². The standard InChI is InChI=1S/C22H25N3O5/c1-24(2)22(28)18-14-17(8-9-19(18)29-3)23-20(26)15-4-6-16(7-5-15)21(27)25-10-12-30-13-11-25/h4-9,14H,10-13H2,1-3H3,(H,23,26). The molecule has 0 aliphatic carbocycles. The second-order valence-electron chi connectivity index (χ2n) is 7.05. The van der Waals surface area contributed by atoms with Crippen molar-refractivity contribution < 1.29 is 23.9 Å². The van der Waals surface area contributed by atoms with Crippen molar-refractivity contribution in [3.63, 3.8) is 0 Å². The van der Waals surface area contributed by atoms with Crippen molar-refractivity contribution in [1.29, 1.82) is 0 Å². The Hall–Kier alpha value is -3.39. The molecule has 1 aliphatic rings. The molecule has 0 atom stereocenters. The molecule has 2 aromatic carbocycles. The maximum absolute atomic E-state index is 12.6. The van der Waals surface area contributed by atoms with Crippen LogP contribution in [0.1, 0.15) is 31.1 Å². The van der Waals surface area contributed by atoms with Crippen molar-refractivity contribution in [3.05, 3.63) is 59.2 Å². The lowest BCUT2D eigenvalue weighted by Gasteiger charge is -2.26. The lowest BCUT2D eigenvalue weighted by molar-refractivity contribution is 0.0303. The summed E-state index contributed by atoms with van der Waals surface area (Å²) in [6, 6.07) is 11.4. The highest BCUT2D eigenvalue weighted by molar-refractivity contribution is 6.06. The molecule has 3 amide bonds. The molecule has 0 radical (unpaired) electrons. The summed E-state index contributed by atoms with van der Waals surface area (Å²) in [5.74, 6) is -0.215. The monoisotopic (exact) mass is 411 g/mol. The van der Waals surface area contributed by atoms with Crippen molar-refractivity contribution >= 4 is 23.4 Å². The second kappa shape index (κ2) is 9.41. The van der Waals surface area contributed by atoms with E-state index in [1.54, 1.807) is 61.5 Å². The Bertz CT molecular complexity index is 934. The van der Waals surface area contributed by atoms with E-state index in [1.807, 2.05) is 0 Å². The van der Waals surface area contributed by atoms with Crippen LogP contribution in [0, 0.1) is 0 Å². The van der Waals surface area contributed by atoms with Crippen molar-refractivity contribution in [1.82, 2.24) is 9.80 Å². The molecule has 0 aromatic heterocycles. The number of anilines is 1. The van der Waals surface area contributed by atoms with Crippen LogP contribution in [0.25, 0.3) is 0 Å². The summed E-state index contributed by atoms with van der Waals surface area (Å²) in [4.78, 5) is 40.7. The number of amides is 3. The first-order valence-electron chi connectivity index (χ1n) is 9.59. The predicted octanol–water partition coefficient (Wildman–Crippen LogP) is 2.12. The normalized spacial score (nSPS) is 13.5. The summed E-state index contributed by atoms with van der Waals surface area (Å²) in [6.07, 6.45) is 0. The molecule has 30 heavy (non-hydrogen) atoms. The van der Waals surface area contributed by atoms with Gasteiger partial charge in [-0.05, 0) is 42.5 Å². The average Bonchev–Trinajstić information content (AvgIpc) is 2.78. The third kappa shape index (κ3) is 4.77. The zero-order valence-corrected chi connectivity index (χ0v) is 17.3. The highest BCUT2D eigenvalue weighted by Crippen LogP contribution is 2.24. The zero-order valence-electron chi connectivity index (χ0n) is 17.3. The fourth-order valence-electron chi connectivity index (χ4n) is 3.11. The van der Waals surface area contributed by atoms with E-state index in [4.69, 9.17) is 9.47 Å². The molecule has 1 fully saturated rings. The van der Waals surface area contributed by atoms with E-state index < -0.39 is 0 Å². The molecule has 2 aromatic rings. The highest BCUT2D eigenvalue weighted by Gasteiger charge is 2.19. The number of ether oxygens (including phenoxy) is 2. The predicted molar refractivity (Wildman–Crippen MR) is 112 cm³/mol. The Morgan fingerprint density at radius 2 is 1.63 bits per heavy atom. The lowest BCUT2D eigenvalue weighted by Crippen LogP contribution is -2.40. The quantitative estimate of drug-likeness (QED) is 0.814. The summed E-state index contributed by atoms with van der Waals surface area (Å²) in [5, 5.41) is 2.78. The molecule has 3 rings (SSSR count).